The SMILES string of the molecule is CC(=O)C1=CCN(C)C(C)C1.O=C(O)/C=C/C(=O)O. The molecule has 1 aliphatic rings. The van der Waals surface area contributed by atoms with E-state index in [1.807, 2.05) is 6.08 Å². The Morgan fingerprint density at radius 3 is 2.05 bits per heavy atom. The molecule has 1 aliphatic heterocycles. The summed E-state index contributed by atoms with van der Waals surface area (Å²) in [5.41, 5.74) is 0.996. The van der Waals surface area contributed by atoms with E-state index in [-0.39, 0.29) is 5.78 Å². The molecule has 1 heterocycles. The fraction of sp³-hybridized carbons (Fsp3) is 0.462. The second kappa shape index (κ2) is 8.20. The van der Waals surface area contributed by atoms with Crippen molar-refractivity contribution in [3.05, 3.63) is 23.8 Å². The van der Waals surface area contributed by atoms with Gasteiger partial charge in [-0.05, 0) is 32.9 Å². The van der Waals surface area contributed by atoms with Crippen LogP contribution in [0.1, 0.15) is 20.3 Å². The highest BCUT2D eigenvalue weighted by Gasteiger charge is 2.17. The molecular formula is C13H19NO5. The van der Waals surface area contributed by atoms with Crippen LogP contribution in [0.5, 0.6) is 0 Å². The lowest BCUT2D eigenvalue weighted by Crippen LogP contribution is -2.33. The van der Waals surface area contributed by atoms with Gasteiger partial charge in [0.15, 0.2) is 5.78 Å². The van der Waals surface area contributed by atoms with E-state index >= 15 is 0 Å². The van der Waals surface area contributed by atoms with Gasteiger partial charge < -0.3 is 10.2 Å². The van der Waals surface area contributed by atoms with Crippen molar-refractivity contribution in [2.24, 2.45) is 0 Å². The summed E-state index contributed by atoms with van der Waals surface area (Å²) < 4.78 is 0. The number of rotatable bonds is 3. The van der Waals surface area contributed by atoms with Crippen molar-refractivity contribution in [3.63, 3.8) is 0 Å². The molecule has 0 aliphatic carbocycles. The molecule has 6 heteroatoms. The standard InChI is InChI=1S/C9H15NO.C4H4O4/c1-7-6-9(8(2)11)4-5-10(7)3;5-3(6)1-2-4(7)8/h4,7H,5-6H2,1-3H3;1-2H,(H,5,6)(H,7,8)/b;2-1+. The van der Waals surface area contributed by atoms with E-state index in [0.29, 0.717) is 18.2 Å². The van der Waals surface area contributed by atoms with Crippen LogP contribution in [-0.4, -0.2) is 52.5 Å². The van der Waals surface area contributed by atoms with Gasteiger partial charge in [0.1, 0.15) is 0 Å². The fourth-order valence-corrected chi connectivity index (χ4v) is 1.42. The molecule has 0 aromatic heterocycles. The third kappa shape index (κ3) is 7.88. The smallest absolute Gasteiger partial charge is 0.328 e. The first-order chi connectivity index (χ1) is 8.73. The van der Waals surface area contributed by atoms with E-state index in [9.17, 15) is 14.4 Å². The average molecular weight is 269 g/mol. The predicted octanol–water partition coefficient (Wildman–Crippen LogP) is 0.938. The number of hydrogen-bond acceptors (Lipinski definition) is 4. The predicted molar refractivity (Wildman–Crippen MR) is 69.9 cm³/mol. The lowest BCUT2D eigenvalue weighted by molar-refractivity contribution is -0.134. The Labute approximate surface area is 112 Å². The van der Waals surface area contributed by atoms with Gasteiger partial charge >= 0.3 is 11.9 Å². The average Bonchev–Trinajstić information content (AvgIpc) is 2.30. The number of nitrogens with zero attached hydrogens (tertiary/aromatic N) is 1. The number of aliphatic carboxylic acids is 2. The maximum Gasteiger partial charge on any atom is 0.328 e. The Morgan fingerprint density at radius 1 is 1.26 bits per heavy atom. The van der Waals surface area contributed by atoms with Crippen molar-refractivity contribution in [2.45, 2.75) is 26.3 Å². The molecule has 0 amide bonds. The van der Waals surface area contributed by atoms with Crippen LogP contribution in [-0.2, 0) is 14.4 Å². The van der Waals surface area contributed by atoms with Gasteiger partial charge in [-0.3, -0.25) is 9.69 Å². The van der Waals surface area contributed by atoms with Crippen LogP contribution in [0, 0.1) is 0 Å². The molecule has 1 atom stereocenters. The van der Waals surface area contributed by atoms with Gasteiger partial charge in [-0.15, -0.1) is 0 Å². The molecule has 0 aromatic carbocycles. The summed E-state index contributed by atoms with van der Waals surface area (Å²) in [6, 6.07) is 0.513. The van der Waals surface area contributed by atoms with Crippen LogP contribution in [0.4, 0.5) is 0 Å². The molecule has 1 unspecified atom stereocenters. The van der Waals surface area contributed by atoms with Crippen molar-refractivity contribution in [3.8, 4) is 0 Å². The highest BCUT2D eigenvalue weighted by Crippen LogP contribution is 2.16. The molecule has 0 saturated carbocycles. The van der Waals surface area contributed by atoms with E-state index in [1.165, 1.54) is 0 Å². The summed E-state index contributed by atoms with van der Waals surface area (Å²) >= 11 is 0. The lowest BCUT2D eigenvalue weighted by Gasteiger charge is -2.28. The first-order valence-electron chi connectivity index (χ1n) is 5.78. The largest absolute Gasteiger partial charge is 0.478 e. The van der Waals surface area contributed by atoms with Gasteiger partial charge in [0.05, 0.1) is 0 Å². The number of carboxylic acid groups (broad SMARTS) is 2. The number of carboxylic acids is 2. The quantitative estimate of drug-likeness (QED) is 0.740. The van der Waals surface area contributed by atoms with Crippen LogP contribution in [0.25, 0.3) is 0 Å². The summed E-state index contributed by atoms with van der Waals surface area (Å²) in [5.74, 6) is -2.29. The molecule has 0 fully saturated rings. The highest BCUT2D eigenvalue weighted by atomic mass is 16.4. The number of carbonyl (C=O) groups excluding carboxylic acids is 1. The highest BCUT2D eigenvalue weighted by molar-refractivity contribution is 5.93. The minimum atomic E-state index is -1.26. The van der Waals surface area contributed by atoms with Gasteiger partial charge in [-0.25, -0.2) is 9.59 Å². The molecule has 0 radical (unpaired) electrons. The van der Waals surface area contributed by atoms with E-state index < -0.39 is 11.9 Å². The Balaban J connectivity index is 0.000000362. The Morgan fingerprint density at radius 2 is 1.74 bits per heavy atom. The molecular weight excluding hydrogens is 250 g/mol. The fourth-order valence-electron chi connectivity index (χ4n) is 1.42. The molecule has 106 valence electrons. The molecule has 2 N–H and O–H groups in total. The third-order valence-corrected chi connectivity index (χ3v) is 2.71. The Bertz CT molecular complexity index is 395. The molecule has 0 bridgehead atoms. The summed E-state index contributed by atoms with van der Waals surface area (Å²) in [5, 5.41) is 15.6. The number of hydrogen-bond donors (Lipinski definition) is 2. The summed E-state index contributed by atoms with van der Waals surface area (Å²) in [6.07, 6.45) is 4.05. The normalized spacial score (nSPS) is 19.3. The van der Waals surface area contributed by atoms with Gasteiger partial charge in [0.2, 0.25) is 0 Å². The van der Waals surface area contributed by atoms with Gasteiger partial charge in [0.25, 0.3) is 0 Å². The van der Waals surface area contributed by atoms with E-state index in [4.69, 9.17) is 10.2 Å². The summed E-state index contributed by atoms with van der Waals surface area (Å²) in [4.78, 5) is 32.3. The maximum atomic E-state index is 11.0. The zero-order chi connectivity index (χ0) is 15.0. The van der Waals surface area contributed by atoms with E-state index in [0.717, 1.165) is 18.5 Å². The minimum Gasteiger partial charge on any atom is -0.478 e. The van der Waals surface area contributed by atoms with Crippen molar-refractivity contribution in [1.29, 1.82) is 0 Å². The summed E-state index contributed by atoms with van der Waals surface area (Å²) in [6.45, 7) is 4.70. The monoisotopic (exact) mass is 269 g/mol. The van der Waals surface area contributed by atoms with Crippen LogP contribution in [0.3, 0.4) is 0 Å². The van der Waals surface area contributed by atoms with E-state index in [1.54, 1.807) is 6.92 Å². The van der Waals surface area contributed by atoms with Crippen LogP contribution in [0.2, 0.25) is 0 Å². The molecule has 0 aromatic rings. The van der Waals surface area contributed by atoms with Crippen LogP contribution in [0.15, 0.2) is 23.8 Å². The Hall–Kier alpha value is -1.95. The van der Waals surface area contributed by atoms with Gasteiger partial charge in [-0.1, -0.05) is 6.08 Å². The first kappa shape index (κ1) is 17.1. The van der Waals surface area contributed by atoms with Crippen molar-refractivity contribution >= 4 is 17.7 Å². The Kier molecular flexibility index (Phi) is 7.36. The minimum absolute atomic E-state index is 0.227. The number of ketones is 1. The second-order valence-corrected chi connectivity index (χ2v) is 4.29. The van der Waals surface area contributed by atoms with Crippen LogP contribution >= 0.6 is 0 Å². The van der Waals surface area contributed by atoms with Crippen molar-refractivity contribution in [1.82, 2.24) is 4.90 Å². The van der Waals surface area contributed by atoms with Gasteiger partial charge in [-0.2, -0.15) is 0 Å². The molecule has 0 saturated heterocycles. The molecule has 19 heavy (non-hydrogen) atoms. The molecule has 0 spiro atoms. The lowest BCUT2D eigenvalue weighted by atomic mass is 9.99. The number of likely N-dealkylation sites (N-methyl/N-ethyl adjacent to an activating group) is 1. The topological polar surface area (TPSA) is 94.9 Å². The second-order valence-electron chi connectivity index (χ2n) is 4.29. The van der Waals surface area contributed by atoms with Crippen molar-refractivity contribution in [2.75, 3.05) is 13.6 Å². The maximum absolute atomic E-state index is 11.0. The molecule has 1 rings (SSSR count). The first-order valence-corrected chi connectivity index (χ1v) is 5.78. The number of carbonyl (C=O) groups is 3. The van der Waals surface area contributed by atoms with E-state index in [2.05, 4.69) is 18.9 Å². The zero-order valence-corrected chi connectivity index (χ0v) is 11.3. The number of Topliss-reactive ketones (excluding diaryl/α,β-unsaturated/α-hetero) is 1. The third-order valence-electron chi connectivity index (χ3n) is 2.71. The van der Waals surface area contributed by atoms with Crippen molar-refractivity contribution < 1.29 is 24.6 Å². The molecule has 6 nitrogen and oxygen atoms in total. The zero-order valence-electron chi connectivity index (χ0n) is 11.3. The van der Waals surface area contributed by atoms with Crippen LogP contribution < -0.4 is 0 Å². The van der Waals surface area contributed by atoms with Gasteiger partial charge in [0, 0.05) is 24.7 Å². The summed E-state index contributed by atoms with van der Waals surface area (Å²) in [7, 11) is 2.08.